The van der Waals surface area contributed by atoms with Crippen LogP contribution in [-0.2, 0) is 32.2 Å². The predicted octanol–water partition coefficient (Wildman–Crippen LogP) is 0.898. The lowest BCUT2D eigenvalue weighted by Crippen LogP contribution is -2.51. The minimum Gasteiger partial charge on any atom is -0.480 e. The zero-order valence-electron chi connectivity index (χ0n) is 45.1. The van der Waals surface area contributed by atoms with Crippen LogP contribution in [0.25, 0.3) is 45.1 Å². The summed E-state index contributed by atoms with van der Waals surface area (Å²) in [4.78, 5) is 83.9. The zero-order valence-corrected chi connectivity index (χ0v) is 45.9. The lowest BCUT2D eigenvalue weighted by Gasteiger charge is -2.36. The second kappa shape index (κ2) is 25.3. The summed E-state index contributed by atoms with van der Waals surface area (Å²) in [5.41, 5.74) is 16.3. The maximum Gasteiger partial charge on any atom is 0.317 e. The van der Waals surface area contributed by atoms with Crippen LogP contribution in [0.15, 0.2) is 24.8 Å². The van der Waals surface area contributed by atoms with Gasteiger partial charge in [0.15, 0.2) is 45.6 Å². The first-order chi connectivity index (χ1) is 37.3. The smallest absolute Gasteiger partial charge is 0.317 e. The van der Waals surface area contributed by atoms with Crippen LogP contribution in [0.1, 0.15) is 25.7 Å². The number of nitrogens with zero attached hydrogens (tertiary/aromatic N) is 19. The molecule has 420 valence electrons. The summed E-state index contributed by atoms with van der Waals surface area (Å²) in [7, 11) is 7.28. The maximum atomic E-state index is 12.6. The number of aliphatic carboxylic acids is 1. The lowest BCUT2D eigenvalue weighted by atomic mass is 10.3. The van der Waals surface area contributed by atoms with Crippen molar-refractivity contribution in [1.29, 1.82) is 0 Å². The quantitative estimate of drug-likeness (QED) is 0.118. The first kappa shape index (κ1) is 55.8. The van der Waals surface area contributed by atoms with E-state index in [0.717, 1.165) is 130 Å². The van der Waals surface area contributed by atoms with E-state index >= 15 is 0 Å². The van der Waals surface area contributed by atoms with Crippen molar-refractivity contribution in [3.05, 3.63) is 24.8 Å². The Labute approximate surface area is 459 Å². The maximum absolute atomic E-state index is 12.6. The van der Waals surface area contributed by atoms with E-state index in [1.165, 1.54) is 25.7 Å². The molecule has 6 aliphatic rings. The summed E-state index contributed by atoms with van der Waals surface area (Å²) < 4.78 is 15.8. The van der Waals surface area contributed by atoms with Crippen LogP contribution in [-0.4, -0.2) is 237 Å². The Hall–Kier alpha value is -6.91. The number of piperazine rings is 2. The van der Waals surface area contributed by atoms with Crippen LogP contribution in [0, 0.1) is 11.8 Å². The fourth-order valence-corrected chi connectivity index (χ4v) is 9.70. The van der Waals surface area contributed by atoms with Gasteiger partial charge in [-0.3, -0.25) is 23.6 Å². The molecule has 12 rings (SSSR count). The average Bonchev–Trinajstić information content (AvgIpc) is 4.40. The number of anilines is 6. The number of aromatic nitrogens is 12. The van der Waals surface area contributed by atoms with Gasteiger partial charge in [0.25, 0.3) is 0 Å². The minimum atomic E-state index is -0.787. The number of halogens is 1. The number of amides is 1. The van der Waals surface area contributed by atoms with Crippen LogP contribution < -0.4 is 36.4 Å². The highest BCUT2D eigenvalue weighted by Crippen LogP contribution is 2.38. The van der Waals surface area contributed by atoms with Gasteiger partial charge in [-0.15, -0.1) is 12.4 Å². The summed E-state index contributed by atoms with van der Waals surface area (Å²) in [5.74, 6) is 5.88. The third-order valence-electron chi connectivity index (χ3n) is 14.1. The molecule has 10 heterocycles. The van der Waals surface area contributed by atoms with E-state index in [9.17, 15) is 9.59 Å². The summed E-state index contributed by atoms with van der Waals surface area (Å²) in [6, 6.07) is 0. The fraction of sp³-hybridized carbons (Fsp3) is 0.600. The summed E-state index contributed by atoms with van der Waals surface area (Å²) >= 11 is 0. The predicted molar refractivity (Wildman–Crippen MR) is 299 cm³/mol. The van der Waals surface area contributed by atoms with E-state index in [0.29, 0.717) is 75.1 Å². The molecule has 6 fully saturated rings. The molecule has 6 aromatic heterocycles. The topological polar surface area (TPSA) is 298 Å². The number of carboxylic acids is 1. The number of imidazole rings is 2. The highest BCUT2D eigenvalue weighted by Gasteiger charge is 2.33. The number of hydrogen-bond acceptors (Lipinski definition) is 23. The van der Waals surface area contributed by atoms with Crippen molar-refractivity contribution in [3.8, 4) is 22.8 Å². The Kier molecular flexibility index (Phi) is 18.1. The van der Waals surface area contributed by atoms with Crippen molar-refractivity contribution < 1.29 is 24.2 Å². The van der Waals surface area contributed by atoms with Crippen molar-refractivity contribution in [1.82, 2.24) is 79.0 Å². The van der Waals surface area contributed by atoms with Gasteiger partial charge in [-0.1, -0.05) is 0 Å². The van der Waals surface area contributed by atoms with E-state index in [4.69, 9.17) is 56.0 Å². The molecule has 0 atom stereocenters. The number of carbonyl (C=O) groups excluding carboxylic acids is 1. The van der Waals surface area contributed by atoms with Gasteiger partial charge in [-0.2, -0.15) is 0 Å². The number of nitrogens with one attached hydrogen (secondary N) is 1. The molecule has 2 aliphatic carbocycles. The third kappa shape index (κ3) is 13.7. The molecule has 2 saturated carbocycles. The molecule has 0 unspecified atom stereocenters. The van der Waals surface area contributed by atoms with Crippen molar-refractivity contribution in [3.63, 3.8) is 0 Å². The molecular weight excluding hydrogens is 1020 g/mol. The fourth-order valence-electron chi connectivity index (χ4n) is 9.70. The molecule has 0 aromatic carbocycles. The van der Waals surface area contributed by atoms with Gasteiger partial charge in [-0.25, -0.2) is 49.8 Å². The number of nitrogens with two attached hydrogens (primary N) is 2. The molecule has 6 N–H and O–H groups in total. The highest BCUT2D eigenvalue weighted by molar-refractivity contribution is 5.89. The van der Waals surface area contributed by atoms with Gasteiger partial charge in [0, 0.05) is 116 Å². The zero-order chi connectivity index (χ0) is 53.6. The molecule has 6 aromatic rings. The molecular formula is C50H73ClN22O5. The van der Waals surface area contributed by atoms with Crippen LogP contribution in [0.2, 0.25) is 0 Å². The van der Waals surface area contributed by atoms with Crippen LogP contribution >= 0.6 is 12.4 Å². The lowest BCUT2D eigenvalue weighted by molar-refractivity contribution is -0.137. The summed E-state index contributed by atoms with van der Waals surface area (Å²) in [6.07, 6.45) is 11.7. The standard InChI is InChI=1S/C25H35N11O2.C21H28N10O.C4H9NO2.ClH/c1-32(2)16-19(37)33-5-7-35(8-6-33)25-29-20-22(34-9-11-38-12-10-34)30-21(18-13-27-24(26)28-14-18)31-23(20)36(25)15-17-3-4-17;22-20-24-11-15(12-25-20)17-27-18(29-7-9-32-10-8-29)16-19(28-17)31(13-14-1-2-14)21(26-16)30-5-3-23-4-6-30;1-5(2)3-4(6)7;/h13-14,17H,3-12,15-16H2,1-2H3,(H2,26,27,28);11-12,14,23H,1-10,13H2,(H2,22,24,25);3H2,1-2H3,(H,6,7);1H. The van der Waals surface area contributed by atoms with Gasteiger partial charge in [-0.05, 0) is 65.7 Å². The van der Waals surface area contributed by atoms with Crippen LogP contribution in [0.4, 0.5) is 35.4 Å². The average molecular weight is 1100 g/mol. The van der Waals surface area contributed by atoms with E-state index in [1.54, 1.807) is 43.8 Å². The van der Waals surface area contributed by atoms with Gasteiger partial charge in [0.2, 0.25) is 29.7 Å². The van der Waals surface area contributed by atoms with Crippen molar-refractivity contribution in [2.75, 3.05) is 177 Å². The van der Waals surface area contributed by atoms with E-state index in [-0.39, 0.29) is 36.8 Å². The third-order valence-corrected chi connectivity index (χ3v) is 14.1. The molecule has 78 heavy (non-hydrogen) atoms. The Bertz CT molecular complexity index is 2960. The van der Waals surface area contributed by atoms with Crippen LogP contribution in [0.5, 0.6) is 0 Å². The van der Waals surface area contributed by atoms with Crippen molar-refractivity contribution in [2.45, 2.75) is 38.8 Å². The number of hydrogen-bond donors (Lipinski definition) is 4. The largest absolute Gasteiger partial charge is 0.480 e. The van der Waals surface area contributed by atoms with Gasteiger partial charge in [0.05, 0.1) is 50.6 Å². The van der Waals surface area contributed by atoms with Crippen molar-refractivity contribution >= 4 is 82.0 Å². The number of carbonyl (C=O) groups is 2. The van der Waals surface area contributed by atoms with Gasteiger partial charge >= 0.3 is 5.97 Å². The second-order valence-corrected chi connectivity index (χ2v) is 20.9. The Morgan fingerprint density at radius 3 is 1.36 bits per heavy atom. The van der Waals surface area contributed by atoms with E-state index in [2.05, 4.69) is 54.0 Å². The molecule has 0 radical (unpaired) electrons. The SMILES string of the molecule is CN(C)CC(=O)N1CCN(c2nc3c(N4CCOCC4)nc(-c4cnc(N)nc4)nc3n2CC2CC2)CC1.CN(C)CC(=O)O.Cl.Nc1ncc(-c2nc(N3CCOCC3)c3nc(N4CCNCC4)n(CC4CC4)c3n2)cn1. The number of nitrogen functional groups attached to an aromatic ring is 2. The monoisotopic (exact) mass is 1100 g/mol. The highest BCUT2D eigenvalue weighted by atomic mass is 35.5. The van der Waals surface area contributed by atoms with E-state index in [1.807, 2.05) is 23.9 Å². The first-order valence-electron chi connectivity index (χ1n) is 26.7. The molecule has 28 heteroatoms. The van der Waals surface area contributed by atoms with Gasteiger partial charge < -0.3 is 60.8 Å². The number of ether oxygens (including phenoxy) is 2. The first-order valence-corrected chi connectivity index (χ1v) is 26.7. The number of likely N-dealkylation sites (N-methyl/N-ethyl adjacent to an activating group) is 2. The number of fused-ring (bicyclic) bond motifs is 2. The molecule has 0 spiro atoms. The Morgan fingerprint density at radius 2 is 0.987 bits per heavy atom. The summed E-state index contributed by atoms with van der Waals surface area (Å²) in [6.45, 7) is 14.6. The number of carboxylic acid groups (broad SMARTS) is 1. The molecule has 0 bridgehead atoms. The molecule has 4 saturated heterocycles. The number of rotatable bonds is 14. The van der Waals surface area contributed by atoms with E-state index < -0.39 is 5.97 Å². The second-order valence-electron chi connectivity index (χ2n) is 20.9. The number of morpholine rings is 2. The Morgan fingerprint density at radius 1 is 0.577 bits per heavy atom. The van der Waals surface area contributed by atoms with Crippen LogP contribution in [0.3, 0.4) is 0 Å². The van der Waals surface area contributed by atoms with Crippen molar-refractivity contribution in [2.24, 2.45) is 11.8 Å². The Balaban J connectivity index is 0.000000169. The normalized spacial score (nSPS) is 17.9. The summed E-state index contributed by atoms with van der Waals surface area (Å²) in [5, 5.41) is 11.5. The molecule has 1 amide bonds. The molecule has 27 nitrogen and oxygen atoms in total. The van der Waals surface area contributed by atoms with Gasteiger partial charge in [0.1, 0.15) is 0 Å². The molecule has 4 aliphatic heterocycles. The minimum absolute atomic E-state index is 0.